The lowest BCUT2D eigenvalue weighted by molar-refractivity contribution is -0.140. The average molecular weight is 370 g/mol. The van der Waals surface area contributed by atoms with Gasteiger partial charge in [0.15, 0.2) is 0 Å². The number of carbonyl (C=O) groups is 3. The van der Waals surface area contributed by atoms with E-state index in [0.717, 1.165) is 24.3 Å². The van der Waals surface area contributed by atoms with Crippen molar-refractivity contribution in [2.24, 2.45) is 0 Å². The molecule has 0 aromatic carbocycles. The van der Waals surface area contributed by atoms with Crippen molar-refractivity contribution in [2.45, 2.75) is 44.1 Å². The van der Waals surface area contributed by atoms with Crippen molar-refractivity contribution in [1.29, 1.82) is 0 Å². The maximum absolute atomic E-state index is 12.6. The van der Waals surface area contributed by atoms with Crippen LogP contribution in [0, 0.1) is 0 Å². The summed E-state index contributed by atoms with van der Waals surface area (Å²) in [6.07, 6.45) is 4.31. The molecule has 26 heavy (non-hydrogen) atoms. The highest BCUT2D eigenvalue weighted by molar-refractivity contribution is 6.07. The molecule has 9 heteroatoms. The minimum Gasteiger partial charge on any atom is -0.383 e. The molecule has 1 aliphatic carbocycles. The first kappa shape index (κ1) is 20.6. The van der Waals surface area contributed by atoms with Crippen molar-refractivity contribution in [1.82, 2.24) is 20.7 Å². The average Bonchev–Trinajstić information content (AvgIpc) is 2.85. The Bertz CT molecular complexity index is 499. The molecule has 2 aliphatic rings. The molecule has 1 heterocycles. The van der Waals surface area contributed by atoms with Gasteiger partial charge >= 0.3 is 6.03 Å². The molecule has 148 valence electrons. The maximum atomic E-state index is 12.6. The fourth-order valence-corrected chi connectivity index (χ4v) is 3.43. The summed E-state index contributed by atoms with van der Waals surface area (Å²) in [7, 11) is 3.25. The Labute approximate surface area is 154 Å². The topological polar surface area (TPSA) is 100 Å². The number of ether oxygens (including phenoxy) is 2. The molecule has 2 N–H and O–H groups in total. The highest BCUT2D eigenvalue weighted by Gasteiger charge is 2.52. The first-order valence-electron chi connectivity index (χ1n) is 9.19. The van der Waals surface area contributed by atoms with Gasteiger partial charge in [-0.25, -0.2) is 4.79 Å². The largest absolute Gasteiger partial charge is 0.383 e. The molecule has 1 saturated carbocycles. The van der Waals surface area contributed by atoms with Crippen LogP contribution >= 0.6 is 0 Å². The molecule has 0 aromatic heterocycles. The van der Waals surface area contributed by atoms with Crippen LogP contribution in [0.3, 0.4) is 0 Å². The van der Waals surface area contributed by atoms with Gasteiger partial charge in [0.2, 0.25) is 5.91 Å². The number of hydrazine groups is 1. The van der Waals surface area contributed by atoms with E-state index in [0.29, 0.717) is 45.7 Å². The van der Waals surface area contributed by atoms with Crippen molar-refractivity contribution in [3.05, 3.63) is 0 Å². The molecular formula is C17H30N4O5. The molecule has 2 rings (SSSR count). The molecule has 9 nitrogen and oxygen atoms in total. The lowest BCUT2D eigenvalue weighted by Gasteiger charge is -2.30. The quantitative estimate of drug-likeness (QED) is 0.535. The van der Waals surface area contributed by atoms with Crippen LogP contribution in [0.15, 0.2) is 0 Å². The second-order valence-electron chi connectivity index (χ2n) is 6.83. The van der Waals surface area contributed by atoms with Gasteiger partial charge in [0.05, 0.1) is 13.2 Å². The zero-order valence-electron chi connectivity index (χ0n) is 15.7. The zero-order chi connectivity index (χ0) is 19.0. The Balaban J connectivity index is 1.84. The van der Waals surface area contributed by atoms with E-state index in [2.05, 4.69) is 10.7 Å². The monoisotopic (exact) mass is 370 g/mol. The minimum atomic E-state index is -0.828. The Hall–Kier alpha value is -1.71. The van der Waals surface area contributed by atoms with Crippen LogP contribution in [0.5, 0.6) is 0 Å². The third kappa shape index (κ3) is 5.15. The minimum absolute atomic E-state index is 0.178. The Morgan fingerprint density at radius 2 is 1.73 bits per heavy atom. The third-order valence-corrected chi connectivity index (χ3v) is 4.98. The van der Waals surface area contributed by atoms with Gasteiger partial charge in [-0.1, -0.05) is 19.3 Å². The molecule has 1 spiro atoms. The first-order valence-corrected chi connectivity index (χ1v) is 9.19. The van der Waals surface area contributed by atoms with Gasteiger partial charge in [0.25, 0.3) is 5.91 Å². The fourth-order valence-electron chi connectivity index (χ4n) is 3.43. The van der Waals surface area contributed by atoms with Crippen LogP contribution < -0.4 is 10.7 Å². The zero-order valence-corrected chi connectivity index (χ0v) is 15.7. The Morgan fingerprint density at radius 3 is 2.31 bits per heavy atom. The van der Waals surface area contributed by atoms with Crippen molar-refractivity contribution in [2.75, 3.05) is 47.1 Å². The van der Waals surface area contributed by atoms with E-state index in [-0.39, 0.29) is 18.2 Å². The molecular weight excluding hydrogens is 340 g/mol. The first-order chi connectivity index (χ1) is 12.5. The summed E-state index contributed by atoms with van der Waals surface area (Å²) in [5, 5.41) is 3.62. The van der Waals surface area contributed by atoms with E-state index in [1.807, 2.05) is 4.90 Å². The number of amides is 4. The Kier molecular flexibility index (Phi) is 7.80. The van der Waals surface area contributed by atoms with Crippen molar-refractivity contribution in [3.63, 3.8) is 0 Å². The molecule has 0 radical (unpaired) electrons. The summed E-state index contributed by atoms with van der Waals surface area (Å²) in [6.45, 7) is 2.97. The standard InChI is InChI=1S/C17H30N4O5/c1-25-12-10-20(11-13-26-2)9-6-14(22)19-21-15(23)17(18-16(21)24)7-4-3-5-8-17/h3-13H2,1-2H3,(H,18,24)(H,19,22). The van der Waals surface area contributed by atoms with Crippen LogP contribution in [0.4, 0.5) is 4.79 Å². The van der Waals surface area contributed by atoms with Crippen LogP contribution in [0.2, 0.25) is 0 Å². The molecule has 2 fully saturated rings. The van der Waals surface area contributed by atoms with Gasteiger partial charge in [-0.3, -0.25) is 19.9 Å². The molecule has 0 bridgehead atoms. The summed E-state index contributed by atoms with van der Waals surface area (Å²) in [6, 6.07) is -0.541. The number of carbonyl (C=O) groups excluding carboxylic acids is 3. The van der Waals surface area contributed by atoms with E-state index in [1.165, 1.54) is 0 Å². The second kappa shape index (κ2) is 9.84. The third-order valence-electron chi connectivity index (χ3n) is 4.98. The van der Waals surface area contributed by atoms with Gasteiger partial charge in [0, 0.05) is 40.3 Å². The number of hydrogen-bond donors (Lipinski definition) is 2. The highest BCUT2D eigenvalue weighted by atomic mass is 16.5. The highest BCUT2D eigenvalue weighted by Crippen LogP contribution is 2.32. The summed E-state index contributed by atoms with van der Waals surface area (Å²) < 4.78 is 10.1. The molecule has 1 saturated heterocycles. The number of hydrogen-bond acceptors (Lipinski definition) is 6. The normalized spacial score (nSPS) is 19.3. The van der Waals surface area contributed by atoms with E-state index in [4.69, 9.17) is 9.47 Å². The Morgan fingerprint density at radius 1 is 1.12 bits per heavy atom. The number of rotatable bonds is 10. The van der Waals surface area contributed by atoms with E-state index < -0.39 is 11.6 Å². The molecule has 4 amide bonds. The summed E-state index contributed by atoms with van der Waals surface area (Å²) in [5.74, 6) is -0.702. The van der Waals surface area contributed by atoms with Crippen LogP contribution in [-0.4, -0.2) is 80.4 Å². The smallest absolute Gasteiger partial charge is 0.344 e. The molecule has 1 aliphatic heterocycles. The summed E-state index contributed by atoms with van der Waals surface area (Å²) in [4.78, 5) is 39.1. The number of nitrogens with zero attached hydrogens (tertiary/aromatic N) is 2. The van der Waals surface area contributed by atoms with E-state index >= 15 is 0 Å². The van der Waals surface area contributed by atoms with Gasteiger partial charge < -0.3 is 14.8 Å². The van der Waals surface area contributed by atoms with Crippen molar-refractivity contribution in [3.8, 4) is 0 Å². The number of nitrogens with one attached hydrogen (secondary N) is 2. The molecule has 0 atom stereocenters. The second-order valence-corrected chi connectivity index (χ2v) is 6.83. The van der Waals surface area contributed by atoms with Gasteiger partial charge in [-0.2, -0.15) is 5.01 Å². The van der Waals surface area contributed by atoms with Gasteiger partial charge in [0.1, 0.15) is 5.54 Å². The predicted octanol–water partition coefficient (Wildman–Crippen LogP) is 0.257. The van der Waals surface area contributed by atoms with Gasteiger partial charge in [-0.05, 0) is 12.8 Å². The summed E-state index contributed by atoms with van der Waals surface area (Å²) >= 11 is 0. The van der Waals surface area contributed by atoms with Crippen LogP contribution in [0.25, 0.3) is 0 Å². The van der Waals surface area contributed by atoms with Crippen molar-refractivity contribution < 1.29 is 23.9 Å². The molecule has 0 unspecified atom stereocenters. The number of methoxy groups -OCH3 is 2. The fraction of sp³-hybridized carbons (Fsp3) is 0.824. The van der Waals surface area contributed by atoms with Gasteiger partial charge in [-0.15, -0.1) is 0 Å². The van der Waals surface area contributed by atoms with Crippen LogP contribution in [-0.2, 0) is 19.1 Å². The number of imide groups is 1. The predicted molar refractivity (Wildman–Crippen MR) is 94.1 cm³/mol. The van der Waals surface area contributed by atoms with E-state index in [1.54, 1.807) is 14.2 Å². The van der Waals surface area contributed by atoms with E-state index in [9.17, 15) is 14.4 Å². The van der Waals surface area contributed by atoms with Crippen molar-refractivity contribution >= 4 is 17.8 Å². The number of urea groups is 1. The lowest BCUT2D eigenvalue weighted by Crippen LogP contribution is -2.51. The summed E-state index contributed by atoms with van der Waals surface area (Å²) in [5.41, 5.74) is 1.63. The molecule has 0 aromatic rings. The van der Waals surface area contributed by atoms with Crippen LogP contribution in [0.1, 0.15) is 38.5 Å². The maximum Gasteiger partial charge on any atom is 0.344 e. The lowest BCUT2D eigenvalue weighted by atomic mass is 9.82. The SMILES string of the molecule is COCCN(CCOC)CCC(=O)NN1C(=O)NC2(CCCCC2)C1=O.